The number of nitrogens with zero attached hydrogens (tertiary/aromatic N) is 1. The van der Waals surface area contributed by atoms with Crippen LogP contribution in [0.4, 0.5) is 0 Å². The second kappa shape index (κ2) is 8.96. The first-order chi connectivity index (χ1) is 7.70. The number of halogens is 1. The van der Waals surface area contributed by atoms with E-state index < -0.39 is 0 Å². The SMILES string of the molecule is CN=C(NCCC(C)(C)C)NCC(C)(C)OC.I. The lowest BCUT2D eigenvalue weighted by Crippen LogP contribution is -2.45. The van der Waals surface area contributed by atoms with Crippen LogP contribution in [0.5, 0.6) is 0 Å². The van der Waals surface area contributed by atoms with E-state index in [2.05, 4.69) is 36.4 Å². The van der Waals surface area contributed by atoms with E-state index in [1.807, 2.05) is 13.8 Å². The minimum absolute atomic E-state index is 0. The standard InChI is InChI=1S/C13H29N3O.HI/c1-12(2,3)8-9-15-11(14-6)16-10-13(4,5)17-7;/h8-10H2,1-7H3,(H2,14,15,16);1H. The Bertz CT molecular complexity index is 247. The van der Waals surface area contributed by atoms with E-state index in [4.69, 9.17) is 4.74 Å². The smallest absolute Gasteiger partial charge is 0.191 e. The summed E-state index contributed by atoms with van der Waals surface area (Å²) in [5.74, 6) is 0.833. The van der Waals surface area contributed by atoms with Gasteiger partial charge in [0.1, 0.15) is 0 Å². The Hall–Kier alpha value is -0.0400. The van der Waals surface area contributed by atoms with Crippen molar-refractivity contribution in [2.75, 3.05) is 27.2 Å². The van der Waals surface area contributed by atoms with Gasteiger partial charge < -0.3 is 15.4 Å². The number of nitrogens with one attached hydrogen (secondary N) is 2. The Kier molecular flexibility index (Phi) is 10.1. The number of methoxy groups -OCH3 is 1. The van der Waals surface area contributed by atoms with Crippen LogP contribution in [0.1, 0.15) is 41.0 Å². The van der Waals surface area contributed by atoms with Crippen molar-refractivity contribution in [3.8, 4) is 0 Å². The molecule has 0 heterocycles. The third-order valence-corrected chi connectivity index (χ3v) is 2.63. The van der Waals surface area contributed by atoms with Crippen LogP contribution in [0.15, 0.2) is 4.99 Å². The van der Waals surface area contributed by atoms with E-state index in [0.717, 1.165) is 25.5 Å². The van der Waals surface area contributed by atoms with Gasteiger partial charge in [0.2, 0.25) is 0 Å². The van der Waals surface area contributed by atoms with E-state index in [1.54, 1.807) is 14.2 Å². The summed E-state index contributed by atoms with van der Waals surface area (Å²) in [4.78, 5) is 4.18. The molecule has 4 nitrogen and oxygen atoms in total. The minimum Gasteiger partial charge on any atom is -0.377 e. The fourth-order valence-electron chi connectivity index (χ4n) is 1.15. The summed E-state index contributed by atoms with van der Waals surface area (Å²) in [7, 11) is 3.50. The minimum atomic E-state index is -0.179. The summed E-state index contributed by atoms with van der Waals surface area (Å²) in [5.41, 5.74) is 0.166. The molecule has 0 aliphatic rings. The molecule has 0 bridgehead atoms. The largest absolute Gasteiger partial charge is 0.377 e. The molecule has 0 aliphatic carbocycles. The summed E-state index contributed by atoms with van der Waals surface area (Å²) in [5, 5.41) is 6.57. The van der Waals surface area contributed by atoms with E-state index in [-0.39, 0.29) is 29.6 Å². The van der Waals surface area contributed by atoms with Crippen molar-refractivity contribution in [2.45, 2.75) is 46.6 Å². The van der Waals surface area contributed by atoms with Crippen LogP contribution in [0.25, 0.3) is 0 Å². The Morgan fingerprint density at radius 3 is 2.06 bits per heavy atom. The van der Waals surface area contributed by atoms with Crippen LogP contribution in [0.3, 0.4) is 0 Å². The summed E-state index contributed by atoms with van der Waals surface area (Å²) in [6.07, 6.45) is 1.11. The van der Waals surface area contributed by atoms with E-state index in [9.17, 15) is 0 Å². The Labute approximate surface area is 129 Å². The number of rotatable bonds is 5. The third-order valence-electron chi connectivity index (χ3n) is 2.63. The zero-order valence-corrected chi connectivity index (χ0v) is 15.2. The van der Waals surface area contributed by atoms with Gasteiger partial charge in [-0.1, -0.05) is 20.8 Å². The molecule has 18 heavy (non-hydrogen) atoms. The van der Waals surface area contributed by atoms with Crippen molar-refractivity contribution >= 4 is 29.9 Å². The lowest BCUT2D eigenvalue weighted by molar-refractivity contribution is 0.0268. The molecule has 0 aromatic carbocycles. The van der Waals surface area contributed by atoms with Crippen molar-refractivity contribution < 1.29 is 4.74 Å². The summed E-state index contributed by atoms with van der Waals surface area (Å²) >= 11 is 0. The zero-order chi connectivity index (χ0) is 13.5. The van der Waals surface area contributed by atoms with Crippen LogP contribution in [-0.4, -0.2) is 38.8 Å². The molecule has 0 amide bonds. The second-order valence-electron chi connectivity index (χ2n) is 6.13. The first-order valence-corrected chi connectivity index (χ1v) is 6.20. The summed E-state index contributed by atoms with van der Waals surface area (Å²) in [6, 6.07) is 0. The van der Waals surface area contributed by atoms with Crippen LogP contribution in [-0.2, 0) is 4.74 Å². The average Bonchev–Trinajstić information content (AvgIpc) is 2.21. The van der Waals surface area contributed by atoms with E-state index >= 15 is 0 Å². The van der Waals surface area contributed by atoms with Gasteiger partial charge in [0.15, 0.2) is 5.96 Å². The molecule has 0 rings (SSSR count). The average molecular weight is 371 g/mol. The number of guanidine groups is 1. The van der Waals surface area contributed by atoms with Gasteiger partial charge in [-0.3, -0.25) is 4.99 Å². The van der Waals surface area contributed by atoms with Crippen molar-refractivity contribution in [3.63, 3.8) is 0 Å². The molecule has 0 saturated heterocycles. The predicted octanol–water partition coefficient (Wildman–Crippen LogP) is 2.63. The van der Waals surface area contributed by atoms with Gasteiger partial charge in [-0.15, -0.1) is 24.0 Å². The molecule has 110 valence electrons. The quantitative estimate of drug-likeness (QED) is 0.444. The highest BCUT2D eigenvalue weighted by Crippen LogP contribution is 2.16. The second-order valence-corrected chi connectivity index (χ2v) is 6.13. The molecule has 0 saturated carbocycles. The molecular weight excluding hydrogens is 341 g/mol. The Morgan fingerprint density at radius 2 is 1.67 bits per heavy atom. The van der Waals surface area contributed by atoms with Gasteiger partial charge >= 0.3 is 0 Å². The highest BCUT2D eigenvalue weighted by Gasteiger charge is 2.16. The number of ether oxygens (including phenoxy) is 1. The molecule has 2 N–H and O–H groups in total. The number of hydrogen-bond acceptors (Lipinski definition) is 2. The number of aliphatic imine (C=N–C) groups is 1. The van der Waals surface area contributed by atoms with Crippen LogP contribution >= 0.6 is 24.0 Å². The lowest BCUT2D eigenvalue weighted by Gasteiger charge is -2.25. The highest BCUT2D eigenvalue weighted by atomic mass is 127. The van der Waals surface area contributed by atoms with E-state index in [1.165, 1.54) is 0 Å². The molecule has 0 fully saturated rings. The highest BCUT2D eigenvalue weighted by molar-refractivity contribution is 14.0. The van der Waals surface area contributed by atoms with Crippen molar-refractivity contribution in [1.29, 1.82) is 0 Å². The molecule has 0 aromatic heterocycles. The maximum absolute atomic E-state index is 5.35. The fraction of sp³-hybridized carbons (Fsp3) is 0.923. The molecule has 0 atom stereocenters. The topological polar surface area (TPSA) is 45.7 Å². The van der Waals surface area contributed by atoms with Gasteiger partial charge in [0.25, 0.3) is 0 Å². The maximum atomic E-state index is 5.35. The predicted molar refractivity (Wildman–Crippen MR) is 89.9 cm³/mol. The van der Waals surface area contributed by atoms with Crippen LogP contribution in [0.2, 0.25) is 0 Å². The van der Waals surface area contributed by atoms with Crippen LogP contribution < -0.4 is 10.6 Å². The van der Waals surface area contributed by atoms with Gasteiger partial charge in [0, 0.05) is 27.2 Å². The van der Waals surface area contributed by atoms with E-state index in [0.29, 0.717) is 5.41 Å². The van der Waals surface area contributed by atoms with Gasteiger partial charge in [0.05, 0.1) is 5.60 Å². The van der Waals surface area contributed by atoms with Crippen LogP contribution in [0, 0.1) is 5.41 Å². The first-order valence-electron chi connectivity index (χ1n) is 6.20. The molecule has 0 aromatic rings. The summed E-state index contributed by atoms with van der Waals surface area (Å²) < 4.78 is 5.35. The number of hydrogen-bond donors (Lipinski definition) is 2. The molecule has 0 radical (unpaired) electrons. The van der Waals surface area contributed by atoms with Crippen molar-refractivity contribution in [1.82, 2.24) is 10.6 Å². The monoisotopic (exact) mass is 371 g/mol. The maximum Gasteiger partial charge on any atom is 0.191 e. The van der Waals surface area contributed by atoms with Crippen molar-refractivity contribution in [3.05, 3.63) is 0 Å². The lowest BCUT2D eigenvalue weighted by atomic mass is 9.92. The zero-order valence-electron chi connectivity index (χ0n) is 12.9. The molecule has 5 heteroatoms. The Morgan fingerprint density at radius 1 is 1.11 bits per heavy atom. The summed E-state index contributed by atoms with van der Waals surface area (Å²) in [6.45, 7) is 12.5. The van der Waals surface area contributed by atoms with Gasteiger partial charge in [-0.25, -0.2) is 0 Å². The molecular formula is C13H30IN3O. The van der Waals surface area contributed by atoms with Gasteiger partial charge in [-0.05, 0) is 25.7 Å². The van der Waals surface area contributed by atoms with Crippen molar-refractivity contribution in [2.24, 2.45) is 10.4 Å². The molecule has 0 spiro atoms. The molecule has 0 unspecified atom stereocenters. The normalized spacial score (nSPS) is 12.9. The first kappa shape index (κ1) is 20.3. The Balaban J connectivity index is 0. The molecule has 0 aliphatic heterocycles. The third kappa shape index (κ3) is 11.1. The fourth-order valence-corrected chi connectivity index (χ4v) is 1.15. The van der Waals surface area contributed by atoms with Gasteiger partial charge in [-0.2, -0.15) is 0 Å².